The molecule has 102 valence electrons. The van der Waals surface area contributed by atoms with Crippen LogP contribution in [0.4, 0.5) is 0 Å². The van der Waals surface area contributed by atoms with Crippen molar-refractivity contribution in [2.24, 2.45) is 0 Å². The first-order valence-electron chi connectivity index (χ1n) is 6.29. The minimum absolute atomic E-state index is 0.221. The fourth-order valence-electron chi connectivity index (χ4n) is 1.91. The monoisotopic (exact) mass is 255 g/mol. The second-order valence-electron chi connectivity index (χ2n) is 4.31. The summed E-state index contributed by atoms with van der Waals surface area (Å²) >= 11 is 0. The maximum absolute atomic E-state index is 11.8. The molecule has 1 fully saturated rings. The molecule has 1 amide bonds. The van der Waals surface area contributed by atoms with Crippen molar-refractivity contribution in [1.82, 2.24) is 5.32 Å². The Kier molecular flexibility index (Phi) is 6.43. The molecular weight excluding hydrogens is 234 g/mol. The molecule has 0 aliphatic carbocycles. The van der Waals surface area contributed by atoms with Crippen molar-refractivity contribution in [3.05, 3.63) is 12.7 Å². The van der Waals surface area contributed by atoms with E-state index in [-0.39, 0.29) is 5.91 Å². The van der Waals surface area contributed by atoms with Gasteiger partial charge in [0.25, 0.3) is 0 Å². The van der Waals surface area contributed by atoms with Gasteiger partial charge in [0.1, 0.15) is 12.1 Å². The number of amides is 1. The van der Waals surface area contributed by atoms with E-state index in [1.54, 1.807) is 6.08 Å². The summed E-state index contributed by atoms with van der Waals surface area (Å²) in [6.07, 6.45) is 5.12. The molecule has 1 heterocycles. The molecular formula is C13H21NO4. The molecule has 1 rings (SSSR count). The number of hydrogen-bond donors (Lipinski definition) is 1. The van der Waals surface area contributed by atoms with Crippen LogP contribution in [0.3, 0.4) is 0 Å². The van der Waals surface area contributed by atoms with Crippen LogP contribution in [0.2, 0.25) is 0 Å². The zero-order valence-corrected chi connectivity index (χ0v) is 10.8. The van der Waals surface area contributed by atoms with E-state index in [1.165, 1.54) is 7.11 Å². The third-order valence-electron chi connectivity index (χ3n) is 2.93. The average molecular weight is 255 g/mol. The van der Waals surface area contributed by atoms with E-state index in [2.05, 4.69) is 16.6 Å². The Hall–Kier alpha value is -1.36. The van der Waals surface area contributed by atoms with E-state index in [1.807, 2.05) is 0 Å². The van der Waals surface area contributed by atoms with Gasteiger partial charge in [-0.05, 0) is 32.1 Å². The van der Waals surface area contributed by atoms with Gasteiger partial charge in [0.15, 0.2) is 0 Å². The number of methoxy groups -OCH3 is 1. The van der Waals surface area contributed by atoms with Crippen molar-refractivity contribution >= 4 is 11.9 Å². The number of unbranched alkanes of at least 4 members (excludes halogenated alkanes) is 1. The van der Waals surface area contributed by atoms with Gasteiger partial charge in [-0.15, -0.1) is 6.58 Å². The molecule has 0 aromatic carbocycles. The van der Waals surface area contributed by atoms with Crippen LogP contribution in [0.5, 0.6) is 0 Å². The minimum Gasteiger partial charge on any atom is -0.467 e. The van der Waals surface area contributed by atoms with Gasteiger partial charge in [-0.1, -0.05) is 6.08 Å². The van der Waals surface area contributed by atoms with Gasteiger partial charge in [-0.25, -0.2) is 4.79 Å². The first-order valence-corrected chi connectivity index (χ1v) is 6.29. The second kappa shape index (κ2) is 7.87. The Balaban J connectivity index is 2.45. The highest BCUT2D eigenvalue weighted by atomic mass is 16.5. The number of esters is 1. The van der Waals surface area contributed by atoms with E-state index in [9.17, 15) is 9.59 Å². The molecule has 0 radical (unpaired) electrons. The third kappa shape index (κ3) is 4.49. The Morgan fingerprint density at radius 1 is 1.61 bits per heavy atom. The molecule has 1 aliphatic heterocycles. The van der Waals surface area contributed by atoms with Crippen LogP contribution in [0.25, 0.3) is 0 Å². The van der Waals surface area contributed by atoms with Gasteiger partial charge in [-0.2, -0.15) is 0 Å². The van der Waals surface area contributed by atoms with E-state index < -0.39 is 18.1 Å². The minimum atomic E-state index is -0.591. The second-order valence-corrected chi connectivity index (χ2v) is 4.31. The van der Waals surface area contributed by atoms with Crippen molar-refractivity contribution in [3.63, 3.8) is 0 Å². The van der Waals surface area contributed by atoms with Crippen LogP contribution in [0.1, 0.15) is 32.1 Å². The predicted octanol–water partition coefficient (Wildman–Crippen LogP) is 1.18. The third-order valence-corrected chi connectivity index (χ3v) is 2.93. The van der Waals surface area contributed by atoms with Crippen molar-refractivity contribution in [2.75, 3.05) is 13.7 Å². The molecule has 1 N–H and O–H groups in total. The SMILES string of the molecule is C=CCCC[C@H](NC(=O)[C@@H]1CCCO1)C(=O)OC. The Morgan fingerprint density at radius 3 is 2.94 bits per heavy atom. The molecule has 1 aliphatic rings. The Bertz CT molecular complexity index is 297. The van der Waals surface area contributed by atoms with Gasteiger partial charge in [0.05, 0.1) is 7.11 Å². The number of nitrogens with one attached hydrogen (secondary N) is 1. The lowest BCUT2D eigenvalue weighted by atomic mass is 10.1. The number of carbonyl (C=O) groups excluding carboxylic acids is 2. The molecule has 0 saturated carbocycles. The van der Waals surface area contributed by atoms with E-state index in [0.29, 0.717) is 19.4 Å². The Labute approximate surface area is 108 Å². The lowest BCUT2D eigenvalue weighted by Gasteiger charge is -2.18. The summed E-state index contributed by atoms with van der Waals surface area (Å²) in [5, 5.41) is 2.70. The van der Waals surface area contributed by atoms with Crippen molar-refractivity contribution in [3.8, 4) is 0 Å². The molecule has 5 nitrogen and oxygen atoms in total. The van der Waals surface area contributed by atoms with Crippen molar-refractivity contribution in [1.29, 1.82) is 0 Å². The highest BCUT2D eigenvalue weighted by molar-refractivity contribution is 5.87. The lowest BCUT2D eigenvalue weighted by molar-refractivity contribution is -0.146. The molecule has 1 saturated heterocycles. The predicted molar refractivity (Wildman–Crippen MR) is 67.0 cm³/mol. The number of hydrogen-bond acceptors (Lipinski definition) is 4. The van der Waals surface area contributed by atoms with Crippen LogP contribution in [-0.2, 0) is 19.1 Å². The lowest BCUT2D eigenvalue weighted by Crippen LogP contribution is -2.45. The van der Waals surface area contributed by atoms with Crippen molar-refractivity contribution < 1.29 is 19.1 Å². The fraction of sp³-hybridized carbons (Fsp3) is 0.692. The fourth-order valence-corrected chi connectivity index (χ4v) is 1.91. The zero-order chi connectivity index (χ0) is 13.4. The largest absolute Gasteiger partial charge is 0.467 e. The highest BCUT2D eigenvalue weighted by Crippen LogP contribution is 2.13. The first-order chi connectivity index (χ1) is 8.69. The number of allylic oxidation sites excluding steroid dienone is 1. The van der Waals surface area contributed by atoms with E-state index in [0.717, 1.165) is 19.3 Å². The van der Waals surface area contributed by atoms with Crippen LogP contribution >= 0.6 is 0 Å². The van der Waals surface area contributed by atoms with Gasteiger partial charge >= 0.3 is 5.97 Å². The normalized spacial score (nSPS) is 20.2. The van der Waals surface area contributed by atoms with Gasteiger partial charge in [-0.3, -0.25) is 4.79 Å². The maximum Gasteiger partial charge on any atom is 0.328 e. The number of ether oxygens (including phenoxy) is 2. The summed E-state index contributed by atoms with van der Waals surface area (Å²) in [6, 6.07) is -0.591. The summed E-state index contributed by atoms with van der Waals surface area (Å²) in [7, 11) is 1.32. The van der Waals surface area contributed by atoms with Gasteiger partial charge in [0, 0.05) is 6.61 Å². The standard InChI is InChI=1S/C13H21NO4/c1-3-4-5-7-10(13(16)17-2)14-12(15)11-8-6-9-18-11/h3,10-11H,1,4-9H2,2H3,(H,14,15)/t10-,11-/m0/s1. The van der Waals surface area contributed by atoms with Crippen LogP contribution in [-0.4, -0.2) is 37.7 Å². The smallest absolute Gasteiger partial charge is 0.328 e. The molecule has 0 spiro atoms. The summed E-state index contributed by atoms with van der Waals surface area (Å²) < 4.78 is 9.96. The molecule has 0 unspecified atom stereocenters. The molecule has 0 aromatic heterocycles. The summed E-state index contributed by atoms with van der Waals surface area (Å²) in [5.74, 6) is -0.632. The summed E-state index contributed by atoms with van der Waals surface area (Å²) in [6.45, 7) is 4.23. The maximum atomic E-state index is 11.8. The molecule has 2 atom stereocenters. The van der Waals surface area contributed by atoms with Gasteiger partial charge in [0.2, 0.25) is 5.91 Å². The number of carbonyl (C=O) groups is 2. The highest BCUT2D eigenvalue weighted by Gasteiger charge is 2.28. The summed E-state index contributed by atoms with van der Waals surface area (Å²) in [5.41, 5.74) is 0. The summed E-state index contributed by atoms with van der Waals surface area (Å²) in [4.78, 5) is 23.4. The van der Waals surface area contributed by atoms with E-state index in [4.69, 9.17) is 4.74 Å². The number of rotatable bonds is 7. The van der Waals surface area contributed by atoms with Crippen molar-refractivity contribution in [2.45, 2.75) is 44.2 Å². The quantitative estimate of drug-likeness (QED) is 0.421. The first kappa shape index (κ1) is 14.7. The van der Waals surface area contributed by atoms with Crippen LogP contribution in [0, 0.1) is 0 Å². The Morgan fingerprint density at radius 2 is 2.39 bits per heavy atom. The van der Waals surface area contributed by atoms with Crippen LogP contribution in [0.15, 0.2) is 12.7 Å². The zero-order valence-electron chi connectivity index (χ0n) is 10.8. The molecule has 18 heavy (non-hydrogen) atoms. The van der Waals surface area contributed by atoms with Gasteiger partial charge < -0.3 is 14.8 Å². The van der Waals surface area contributed by atoms with Crippen LogP contribution < -0.4 is 5.32 Å². The molecule has 0 aromatic rings. The van der Waals surface area contributed by atoms with E-state index >= 15 is 0 Å². The topological polar surface area (TPSA) is 64.6 Å². The molecule has 0 bridgehead atoms. The average Bonchev–Trinajstić information content (AvgIpc) is 2.90. The molecule has 5 heteroatoms.